The molecule has 0 radical (unpaired) electrons. The van der Waals surface area contributed by atoms with E-state index in [1.807, 2.05) is 0 Å². The molecule has 1 aliphatic carbocycles. The maximum absolute atomic E-state index is 6.02. The Morgan fingerprint density at radius 1 is 1.25 bits per heavy atom. The van der Waals surface area contributed by atoms with Gasteiger partial charge >= 0.3 is 0 Å². The highest BCUT2D eigenvalue weighted by atomic mass is 14.8. The van der Waals surface area contributed by atoms with Crippen molar-refractivity contribution in [3.8, 4) is 0 Å². The Balaban J connectivity index is 2.28. The van der Waals surface area contributed by atoms with Crippen LogP contribution in [0.3, 0.4) is 0 Å². The summed E-state index contributed by atoms with van der Waals surface area (Å²) in [6.45, 7) is 2.69. The average molecular weight is 170 g/mol. The third-order valence-corrected chi connectivity index (χ3v) is 2.95. The highest BCUT2D eigenvalue weighted by Crippen LogP contribution is 2.29. The first kappa shape index (κ1) is 10.0. The van der Waals surface area contributed by atoms with Crippen LogP contribution in [0.1, 0.15) is 45.4 Å². The van der Waals surface area contributed by atoms with Crippen LogP contribution in [-0.4, -0.2) is 12.1 Å². The Morgan fingerprint density at radius 3 is 2.33 bits per heavy atom. The zero-order chi connectivity index (χ0) is 9.03. The topological polar surface area (TPSA) is 52.0 Å². The van der Waals surface area contributed by atoms with E-state index in [0.29, 0.717) is 6.54 Å². The Hall–Kier alpha value is -0.0800. The van der Waals surface area contributed by atoms with Gasteiger partial charge in [-0.15, -0.1) is 0 Å². The van der Waals surface area contributed by atoms with Crippen LogP contribution >= 0.6 is 0 Å². The quantitative estimate of drug-likeness (QED) is 0.676. The SMILES string of the molecule is CC(N)(CN)CC1CCCCC1. The van der Waals surface area contributed by atoms with Crippen LogP contribution < -0.4 is 11.5 Å². The molecule has 2 nitrogen and oxygen atoms in total. The first-order valence-electron chi connectivity index (χ1n) is 5.13. The fourth-order valence-electron chi connectivity index (χ4n) is 2.13. The highest BCUT2D eigenvalue weighted by molar-refractivity contribution is 4.83. The van der Waals surface area contributed by atoms with Gasteiger partial charge in [-0.1, -0.05) is 32.1 Å². The van der Waals surface area contributed by atoms with Crippen molar-refractivity contribution in [1.29, 1.82) is 0 Å². The summed E-state index contributed by atoms with van der Waals surface area (Å²) in [4.78, 5) is 0. The molecule has 2 heteroatoms. The van der Waals surface area contributed by atoms with E-state index in [1.165, 1.54) is 32.1 Å². The van der Waals surface area contributed by atoms with Crippen molar-refractivity contribution in [2.45, 2.75) is 51.0 Å². The molecule has 1 aliphatic rings. The van der Waals surface area contributed by atoms with E-state index in [4.69, 9.17) is 11.5 Å². The minimum absolute atomic E-state index is 0.123. The van der Waals surface area contributed by atoms with Crippen LogP contribution in [-0.2, 0) is 0 Å². The lowest BCUT2D eigenvalue weighted by atomic mass is 9.80. The predicted octanol–water partition coefficient (Wildman–Crippen LogP) is 1.63. The zero-order valence-electron chi connectivity index (χ0n) is 8.18. The van der Waals surface area contributed by atoms with E-state index >= 15 is 0 Å². The standard InChI is InChI=1S/C10H22N2/c1-10(12,8-11)7-9-5-3-2-4-6-9/h9H,2-8,11-12H2,1H3. The third-order valence-electron chi connectivity index (χ3n) is 2.95. The Morgan fingerprint density at radius 2 is 1.83 bits per heavy atom. The fourth-order valence-corrected chi connectivity index (χ4v) is 2.13. The molecule has 0 aromatic rings. The van der Waals surface area contributed by atoms with E-state index < -0.39 is 0 Å². The molecule has 1 atom stereocenters. The lowest BCUT2D eigenvalue weighted by Gasteiger charge is -2.30. The lowest BCUT2D eigenvalue weighted by molar-refractivity contribution is 0.274. The molecule has 4 N–H and O–H groups in total. The molecular formula is C10H22N2. The molecule has 1 unspecified atom stereocenters. The van der Waals surface area contributed by atoms with Gasteiger partial charge in [0.1, 0.15) is 0 Å². The van der Waals surface area contributed by atoms with Gasteiger partial charge in [0.15, 0.2) is 0 Å². The molecule has 0 spiro atoms. The summed E-state index contributed by atoms with van der Waals surface area (Å²) in [7, 11) is 0. The number of nitrogens with two attached hydrogens (primary N) is 2. The first-order chi connectivity index (χ1) is 5.64. The van der Waals surface area contributed by atoms with E-state index in [2.05, 4.69) is 6.92 Å². The Kier molecular flexibility index (Phi) is 3.53. The molecule has 1 saturated carbocycles. The summed E-state index contributed by atoms with van der Waals surface area (Å²) in [6.07, 6.45) is 8.06. The van der Waals surface area contributed by atoms with Gasteiger partial charge in [-0.2, -0.15) is 0 Å². The van der Waals surface area contributed by atoms with Gasteiger partial charge in [0, 0.05) is 12.1 Å². The van der Waals surface area contributed by atoms with Crippen LogP contribution in [0.4, 0.5) is 0 Å². The monoisotopic (exact) mass is 170 g/mol. The molecular weight excluding hydrogens is 148 g/mol. The molecule has 0 heterocycles. The van der Waals surface area contributed by atoms with Gasteiger partial charge < -0.3 is 11.5 Å². The first-order valence-corrected chi connectivity index (χ1v) is 5.13. The molecule has 0 aromatic heterocycles. The smallest absolute Gasteiger partial charge is 0.0252 e. The van der Waals surface area contributed by atoms with Crippen LogP contribution in [0.2, 0.25) is 0 Å². The van der Waals surface area contributed by atoms with Crippen LogP contribution in [0.5, 0.6) is 0 Å². The zero-order valence-corrected chi connectivity index (χ0v) is 8.18. The summed E-state index contributed by atoms with van der Waals surface area (Å²) >= 11 is 0. The van der Waals surface area contributed by atoms with Crippen LogP contribution in [0, 0.1) is 5.92 Å². The van der Waals surface area contributed by atoms with Crippen molar-refractivity contribution in [2.75, 3.05) is 6.54 Å². The molecule has 72 valence electrons. The molecule has 0 bridgehead atoms. The molecule has 0 saturated heterocycles. The predicted molar refractivity (Wildman–Crippen MR) is 52.8 cm³/mol. The van der Waals surface area contributed by atoms with Crippen molar-refractivity contribution in [1.82, 2.24) is 0 Å². The van der Waals surface area contributed by atoms with Crippen molar-refractivity contribution in [2.24, 2.45) is 17.4 Å². The lowest BCUT2D eigenvalue weighted by Crippen LogP contribution is -2.45. The van der Waals surface area contributed by atoms with E-state index in [9.17, 15) is 0 Å². The molecule has 1 fully saturated rings. The number of rotatable bonds is 3. The minimum atomic E-state index is -0.123. The third kappa shape index (κ3) is 3.11. The van der Waals surface area contributed by atoms with Gasteiger partial charge in [0.05, 0.1) is 0 Å². The summed E-state index contributed by atoms with van der Waals surface area (Å²) in [5.41, 5.74) is 11.5. The van der Waals surface area contributed by atoms with Crippen LogP contribution in [0.15, 0.2) is 0 Å². The van der Waals surface area contributed by atoms with Crippen molar-refractivity contribution < 1.29 is 0 Å². The van der Waals surface area contributed by atoms with Gasteiger partial charge in [0.2, 0.25) is 0 Å². The van der Waals surface area contributed by atoms with Gasteiger partial charge in [-0.3, -0.25) is 0 Å². The molecule has 0 amide bonds. The Bertz CT molecular complexity index is 126. The maximum Gasteiger partial charge on any atom is 0.0252 e. The molecule has 0 aromatic carbocycles. The minimum Gasteiger partial charge on any atom is -0.329 e. The fraction of sp³-hybridized carbons (Fsp3) is 1.00. The highest BCUT2D eigenvalue weighted by Gasteiger charge is 2.23. The van der Waals surface area contributed by atoms with Crippen LogP contribution in [0.25, 0.3) is 0 Å². The van der Waals surface area contributed by atoms with E-state index in [0.717, 1.165) is 12.3 Å². The summed E-state index contributed by atoms with van der Waals surface area (Å²) in [5.74, 6) is 0.845. The second kappa shape index (κ2) is 4.24. The van der Waals surface area contributed by atoms with Gasteiger partial charge in [0.25, 0.3) is 0 Å². The second-order valence-electron chi connectivity index (χ2n) is 4.57. The van der Waals surface area contributed by atoms with Gasteiger partial charge in [-0.25, -0.2) is 0 Å². The molecule has 12 heavy (non-hydrogen) atoms. The normalized spacial score (nSPS) is 25.2. The van der Waals surface area contributed by atoms with Gasteiger partial charge in [-0.05, 0) is 19.3 Å². The van der Waals surface area contributed by atoms with Crippen molar-refractivity contribution in [3.05, 3.63) is 0 Å². The Labute approximate surface area is 75.7 Å². The van der Waals surface area contributed by atoms with E-state index in [-0.39, 0.29) is 5.54 Å². The number of hydrogen-bond donors (Lipinski definition) is 2. The van der Waals surface area contributed by atoms with E-state index in [1.54, 1.807) is 0 Å². The largest absolute Gasteiger partial charge is 0.329 e. The molecule has 0 aliphatic heterocycles. The van der Waals surface area contributed by atoms with Crippen molar-refractivity contribution in [3.63, 3.8) is 0 Å². The summed E-state index contributed by atoms with van der Waals surface area (Å²) in [5, 5.41) is 0. The average Bonchev–Trinajstić information content (AvgIpc) is 2.06. The van der Waals surface area contributed by atoms with Crippen molar-refractivity contribution >= 4 is 0 Å². The second-order valence-corrected chi connectivity index (χ2v) is 4.57. The summed E-state index contributed by atoms with van der Waals surface area (Å²) in [6, 6.07) is 0. The maximum atomic E-state index is 6.02. The summed E-state index contributed by atoms with van der Waals surface area (Å²) < 4.78 is 0. The molecule has 1 rings (SSSR count). The number of hydrogen-bond acceptors (Lipinski definition) is 2.